The Bertz CT molecular complexity index is 1700. The second kappa shape index (κ2) is 14.1. The number of nitrogens with zero attached hydrogens (tertiary/aromatic N) is 3. The number of aromatic nitrogens is 1. The molecular weight excluding hydrogens is 576 g/mol. The highest BCUT2D eigenvalue weighted by atomic mass is 35.5. The standard InChI is InChI=1S/C33H34ClN7O2.H3N/c1-3-29(20-8-5-4-6-9-20)40-30-23(15-35)17-38-32-26(30)13-24(14-27(32)34)39-31(28(37)16-36)21-10-7-11-22(12-21)33(42)41-18-25(19-41)43-2;/h4-14,16-17,25,29,31,39H,3,18-19,36-37H2,1-2H3,(H,38,40);1H3/b28-16-;/t29-,31+;/m1./s1. The maximum atomic E-state index is 13.1. The molecule has 1 aliphatic heterocycles. The Balaban J connectivity index is 0.00000442. The maximum Gasteiger partial charge on any atom is 0.254 e. The number of ether oxygens (including phenoxy) is 1. The number of hydrogen-bond donors (Lipinski definition) is 5. The van der Waals surface area contributed by atoms with Crippen molar-refractivity contribution in [2.24, 2.45) is 11.5 Å². The fourth-order valence-electron chi connectivity index (χ4n) is 5.27. The zero-order valence-corrected chi connectivity index (χ0v) is 25.5. The molecule has 3 aromatic carbocycles. The number of benzene rings is 3. The summed E-state index contributed by atoms with van der Waals surface area (Å²) in [6.07, 6.45) is 3.73. The van der Waals surface area contributed by atoms with Gasteiger partial charge in [-0.15, -0.1) is 0 Å². The molecule has 44 heavy (non-hydrogen) atoms. The van der Waals surface area contributed by atoms with E-state index in [1.54, 1.807) is 24.1 Å². The van der Waals surface area contributed by atoms with Crippen LogP contribution in [0.1, 0.15) is 52.5 Å². The van der Waals surface area contributed by atoms with Crippen molar-refractivity contribution in [3.8, 4) is 6.07 Å². The molecule has 4 aromatic rings. The number of pyridine rings is 1. The number of fused-ring (bicyclic) bond motifs is 1. The van der Waals surface area contributed by atoms with Gasteiger partial charge in [0.2, 0.25) is 0 Å². The monoisotopic (exact) mass is 612 g/mol. The SMILES string of the molecule is CC[C@@H](Nc1c(C#N)cnc2c(Cl)cc(N[C@H](/C(N)=C/N)c3cccc(C(=O)N4CC(OC)C4)c3)cc12)c1ccccc1.N. The van der Waals surface area contributed by atoms with Gasteiger partial charge in [0.1, 0.15) is 6.07 Å². The van der Waals surface area contributed by atoms with E-state index in [4.69, 9.17) is 27.8 Å². The number of likely N-dealkylation sites (tertiary alicyclic amines) is 1. The Morgan fingerprint density at radius 3 is 2.55 bits per heavy atom. The molecule has 2 heterocycles. The minimum absolute atomic E-state index is 0. The first-order chi connectivity index (χ1) is 20.9. The van der Waals surface area contributed by atoms with E-state index in [1.165, 1.54) is 12.4 Å². The summed E-state index contributed by atoms with van der Waals surface area (Å²) < 4.78 is 5.31. The van der Waals surface area contributed by atoms with Gasteiger partial charge in [-0.1, -0.05) is 61.0 Å². The molecule has 0 bridgehead atoms. The summed E-state index contributed by atoms with van der Waals surface area (Å²) in [5.41, 5.74) is 17.3. The summed E-state index contributed by atoms with van der Waals surface area (Å²) in [7, 11) is 1.64. The van der Waals surface area contributed by atoms with Crippen LogP contribution in [0.3, 0.4) is 0 Å². The summed E-state index contributed by atoms with van der Waals surface area (Å²) in [6.45, 7) is 3.20. The zero-order chi connectivity index (χ0) is 30.5. The predicted octanol–water partition coefficient (Wildman–Crippen LogP) is 5.87. The number of carbonyl (C=O) groups is 1. The molecule has 1 saturated heterocycles. The molecule has 1 aliphatic rings. The van der Waals surface area contributed by atoms with Crippen molar-refractivity contribution in [3.63, 3.8) is 0 Å². The van der Waals surface area contributed by atoms with E-state index < -0.39 is 6.04 Å². The molecule has 228 valence electrons. The Kier molecular flexibility index (Phi) is 10.3. The van der Waals surface area contributed by atoms with E-state index in [9.17, 15) is 10.1 Å². The van der Waals surface area contributed by atoms with Crippen molar-refractivity contribution in [3.05, 3.63) is 112 Å². The molecule has 0 spiro atoms. The first-order valence-electron chi connectivity index (χ1n) is 14.1. The second-order valence-corrected chi connectivity index (χ2v) is 10.9. The molecule has 0 aliphatic carbocycles. The summed E-state index contributed by atoms with van der Waals surface area (Å²) in [5.74, 6) is -0.0762. The van der Waals surface area contributed by atoms with Gasteiger partial charge in [-0.05, 0) is 41.8 Å². The molecule has 1 fully saturated rings. The van der Waals surface area contributed by atoms with Crippen LogP contribution in [-0.2, 0) is 4.74 Å². The fraction of sp³-hybridized carbons (Fsp3) is 0.242. The van der Waals surface area contributed by atoms with Crippen molar-refractivity contribution in [1.29, 1.82) is 5.26 Å². The Hall–Kier alpha value is -4.82. The summed E-state index contributed by atoms with van der Waals surface area (Å²) >= 11 is 6.76. The number of halogens is 1. The lowest BCUT2D eigenvalue weighted by Gasteiger charge is -2.38. The van der Waals surface area contributed by atoms with Gasteiger partial charge in [0.25, 0.3) is 5.91 Å². The summed E-state index contributed by atoms with van der Waals surface area (Å²) in [5, 5.41) is 18.1. The summed E-state index contributed by atoms with van der Waals surface area (Å²) in [6, 6.07) is 22.7. The van der Waals surface area contributed by atoms with E-state index in [0.29, 0.717) is 57.2 Å². The number of carbonyl (C=O) groups excluding carboxylic acids is 1. The van der Waals surface area contributed by atoms with Crippen molar-refractivity contribution >= 4 is 39.8 Å². The third-order valence-corrected chi connectivity index (χ3v) is 8.03. The molecule has 11 heteroatoms. The van der Waals surface area contributed by atoms with Crippen LogP contribution in [-0.4, -0.2) is 42.1 Å². The first-order valence-corrected chi connectivity index (χ1v) is 14.4. The van der Waals surface area contributed by atoms with E-state index in [0.717, 1.165) is 17.5 Å². The van der Waals surface area contributed by atoms with Crippen LogP contribution >= 0.6 is 11.6 Å². The smallest absolute Gasteiger partial charge is 0.254 e. The van der Waals surface area contributed by atoms with Crippen LogP contribution in [0.4, 0.5) is 11.4 Å². The minimum atomic E-state index is -0.564. The number of anilines is 2. The molecule has 0 saturated carbocycles. The van der Waals surface area contributed by atoms with E-state index in [1.807, 2.05) is 42.5 Å². The van der Waals surface area contributed by atoms with Gasteiger partial charge in [-0.25, -0.2) is 0 Å². The van der Waals surface area contributed by atoms with Crippen molar-refractivity contribution in [2.45, 2.75) is 31.5 Å². The topological polar surface area (TPSA) is 177 Å². The molecule has 1 aromatic heterocycles. The molecule has 0 radical (unpaired) electrons. The number of amides is 1. The fourth-order valence-corrected chi connectivity index (χ4v) is 5.54. The lowest BCUT2D eigenvalue weighted by Crippen LogP contribution is -2.54. The third-order valence-electron chi connectivity index (χ3n) is 7.75. The quantitative estimate of drug-likeness (QED) is 0.146. The van der Waals surface area contributed by atoms with Crippen LogP contribution in [0, 0.1) is 11.3 Å². The van der Waals surface area contributed by atoms with Crippen molar-refractivity contribution < 1.29 is 9.53 Å². The van der Waals surface area contributed by atoms with Gasteiger partial charge >= 0.3 is 0 Å². The van der Waals surface area contributed by atoms with Gasteiger partial charge in [0, 0.05) is 49.2 Å². The largest absolute Gasteiger partial charge is 0.403 e. The Morgan fingerprint density at radius 1 is 1.16 bits per heavy atom. The highest BCUT2D eigenvalue weighted by molar-refractivity contribution is 6.35. The molecular formula is C33H37ClN8O2. The van der Waals surface area contributed by atoms with Gasteiger partial charge in [-0.3, -0.25) is 9.78 Å². The van der Waals surface area contributed by atoms with Gasteiger partial charge in [0.05, 0.1) is 45.7 Å². The van der Waals surface area contributed by atoms with E-state index in [-0.39, 0.29) is 24.2 Å². The zero-order valence-electron chi connectivity index (χ0n) is 24.8. The van der Waals surface area contributed by atoms with Gasteiger partial charge < -0.3 is 37.9 Å². The molecule has 2 atom stereocenters. The van der Waals surface area contributed by atoms with Crippen LogP contribution < -0.4 is 28.3 Å². The number of hydrogen-bond acceptors (Lipinski definition) is 9. The number of rotatable bonds is 10. The lowest BCUT2D eigenvalue weighted by atomic mass is 9.99. The predicted molar refractivity (Wildman–Crippen MR) is 176 cm³/mol. The third kappa shape index (κ3) is 6.55. The number of nitrogens with one attached hydrogen (secondary N) is 2. The highest BCUT2D eigenvalue weighted by Gasteiger charge is 2.31. The van der Waals surface area contributed by atoms with Crippen molar-refractivity contribution in [1.82, 2.24) is 16.0 Å². The number of nitriles is 1. The normalized spacial score (nSPS) is 14.6. The van der Waals surface area contributed by atoms with Crippen molar-refractivity contribution in [2.75, 3.05) is 30.8 Å². The Labute approximate surface area is 262 Å². The number of methoxy groups -OCH3 is 1. The molecule has 5 rings (SSSR count). The van der Waals surface area contributed by atoms with E-state index in [2.05, 4.69) is 40.7 Å². The van der Waals surface area contributed by atoms with Gasteiger partial charge in [0.15, 0.2) is 0 Å². The summed E-state index contributed by atoms with van der Waals surface area (Å²) in [4.78, 5) is 19.3. The molecule has 9 N–H and O–H groups in total. The number of nitrogens with two attached hydrogens (primary N) is 2. The van der Waals surface area contributed by atoms with Crippen LogP contribution in [0.2, 0.25) is 5.02 Å². The average Bonchev–Trinajstić information content (AvgIpc) is 3.02. The Morgan fingerprint density at radius 2 is 1.89 bits per heavy atom. The minimum Gasteiger partial charge on any atom is -0.403 e. The second-order valence-electron chi connectivity index (χ2n) is 10.5. The molecule has 10 nitrogen and oxygen atoms in total. The van der Waals surface area contributed by atoms with E-state index >= 15 is 0 Å². The highest BCUT2D eigenvalue weighted by Crippen LogP contribution is 2.37. The average molecular weight is 613 g/mol. The van der Waals surface area contributed by atoms with Crippen LogP contribution in [0.15, 0.2) is 84.8 Å². The maximum absolute atomic E-state index is 13.1. The molecule has 0 unspecified atom stereocenters. The first kappa shape index (κ1) is 32.1. The van der Waals surface area contributed by atoms with Crippen LogP contribution in [0.25, 0.3) is 10.9 Å². The lowest BCUT2D eigenvalue weighted by molar-refractivity contribution is -0.0192. The van der Waals surface area contributed by atoms with Gasteiger partial charge in [-0.2, -0.15) is 5.26 Å². The molecule has 1 amide bonds. The van der Waals surface area contributed by atoms with Crippen LogP contribution in [0.5, 0.6) is 0 Å².